The van der Waals surface area contributed by atoms with Crippen LogP contribution in [0.3, 0.4) is 0 Å². The number of ether oxygens (including phenoxy) is 1. The quantitative estimate of drug-likeness (QED) is 0.650. The number of benzene rings is 1. The predicted octanol–water partition coefficient (Wildman–Crippen LogP) is 5.04. The SMILES string of the molecule is CCCN(Cc1csc(COc2cc(C)cc(C)c2C)n1)C(=O)C(C)C. The largest absolute Gasteiger partial charge is 0.486 e. The molecule has 0 aliphatic heterocycles. The molecule has 5 heteroatoms. The van der Waals surface area contributed by atoms with Crippen LogP contribution in [0.15, 0.2) is 17.5 Å². The number of rotatable bonds is 8. The minimum Gasteiger partial charge on any atom is -0.486 e. The Hall–Kier alpha value is -1.88. The van der Waals surface area contributed by atoms with E-state index in [0.29, 0.717) is 13.2 Å². The summed E-state index contributed by atoms with van der Waals surface area (Å²) in [7, 11) is 0. The molecule has 0 aliphatic rings. The van der Waals surface area contributed by atoms with E-state index in [9.17, 15) is 4.79 Å². The number of hydrogen-bond donors (Lipinski definition) is 0. The van der Waals surface area contributed by atoms with Crippen LogP contribution in [0.5, 0.6) is 5.75 Å². The first-order valence-electron chi connectivity index (χ1n) is 9.24. The summed E-state index contributed by atoms with van der Waals surface area (Å²) in [5.74, 6) is 1.11. The van der Waals surface area contributed by atoms with Gasteiger partial charge in [0.2, 0.25) is 5.91 Å². The number of aromatic nitrogens is 1. The van der Waals surface area contributed by atoms with Crippen molar-refractivity contribution in [3.05, 3.63) is 44.9 Å². The molecule has 4 nitrogen and oxygen atoms in total. The summed E-state index contributed by atoms with van der Waals surface area (Å²) in [5.41, 5.74) is 4.55. The Morgan fingerprint density at radius 3 is 2.65 bits per heavy atom. The average molecular weight is 375 g/mol. The van der Waals surface area contributed by atoms with E-state index >= 15 is 0 Å². The first kappa shape index (κ1) is 20.4. The van der Waals surface area contributed by atoms with Gasteiger partial charge in [-0.1, -0.05) is 26.8 Å². The van der Waals surface area contributed by atoms with E-state index in [1.807, 2.05) is 24.1 Å². The van der Waals surface area contributed by atoms with Crippen molar-refractivity contribution in [2.24, 2.45) is 5.92 Å². The maximum Gasteiger partial charge on any atom is 0.225 e. The van der Waals surface area contributed by atoms with Gasteiger partial charge in [-0.25, -0.2) is 4.98 Å². The molecule has 0 aliphatic carbocycles. The van der Waals surface area contributed by atoms with Crippen LogP contribution >= 0.6 is 11.3 Å². The molecule has 0 fully saturated rings. The van der Waals surface area contributed by atoms with Gasteiger partial charge in [0.05, 0.1) is 12.2 Å². The lowest BCUT2D eigenvalue weighted by Crippen LogP contribution is -2.34. The topological polar surface area (TPSA) is 42.4 Å². The predicted molar refractivity (Wildman–Crippen MR) is 108 cm³/mol. The third-order valence-electron chi connectivity index (χ3n) is 4.37. The Morgan fingerprint density at radius 1 is 1.27 bits per heavy atom. The Labute approximate surface area is 161 Å². The van der Waals surface area contributed by atoms with Crippen LogP contribution in [-0.4, -0.2) is 22.3 Å². The van der Waals surface area contributed by atoms with Gasteiger partial charge in [-0.15, -0.1) is 11.3 Å². The van der Waals surface area contributed by atoms with Crippen molar-refractivity contribution in [2.45, 2.75) is 61.1 Å². The average Bonchev–Trinajstić information content (AvgIpc) is 3.03. The molecule has 1 heterocycles. The lowest BCUT2D eigenvalue weighted by atomic mass is 10.1. The van der Waals surface area contributed by atoms with Crippen molar-refractivity contribution < 1.29 is 9.53 Å². The van der Waals surface area contributed by atoms with Crippen molar-refractivity contribution >= 4 is 17.2 Å². The van der Waals surface area contributed by atoms with Crippen molar-refractivity contribution in [1.82, 2.24) is 9.88 Å². The molecule has 26 heavy (non-hydrogen) atoms. The fourth-order valence-corrected chi connectivity index (χ4v) is 3.57. The first-order valence-corrected chi connectivity index (χ1v) is 10.1. The van der Waals surface area contributed by atoms with E-state index in [4.69, 9.17) is 4.74 Å². The molecule has 0 spiro atoms. The fraction of sp³-hybridized carbons (Fsp3) is 0.524. The molecule has 1 aromatic carbocycles. The Bertz CT molecular complexity index is 752. The minimum absolute atomic E-state index is 0.00974. The fourth-order valence-electron chi connectivity index (χ4n) is 2.88. The zero-order valence-electron chi connectivity index (χ0n) is 16.8. The minimum atomic E-state index is 0.00974. The highest BCUT2D eigenvalue weighted by molar-refractivity contribution is 7.09. The van der Waals surface area contributed by atoms with Gasteiger partial charge in [0.1, 0.15) is 17.4 Å². The Morgan fingerprint density at radius 2 is 2.00 bits per heavy atom. The number of carbonyl (C=O) groups excluding carboxylic acids is 1. The van der Waals surface area contributed by atoms with Crippen molar-refractivity contribution in [3.63, 3.8) is 0 Å². The summed E-state index contributed by atoms with van der Waals surface area (Å²) in [6.07, 6.45) is 0.949. The van der Waals surface area contributed by atoms with Crippen molar-refractivity contribution in [3.8, 4) is 5.75 Å². The highest BCUT2D eigenvalue weighted by atomic mass is 32.1. The molecular weight excluding hydrogens is 344 g/mol. The van der Waals surface area contributed by atoms with Crippen molar-refractivity contribution in [1.29, 1.82) is 0 Å². The molecule has 1 amide bonds. The van der Waals surface area contributed by atoms with Crippen LogP contribution in [-0.2, 0) is 17.9 Å². The van der Waals surface area contributed by atoms with E-state index < -0.39 is 0 Å². The molecule has 0 N–H and O–H groups in total. The zero-order chi connectivity index (χ0) is 19.3. The molecule has 0 saturated carbocycles. The maximum absolute atomic E-state index is 12.3. The summed E-state index contributed by atoms with van der Waals surface area (Å²) in [5, 5.41) is 2.97. The Balaban J connectivity index is 2.02. The van der Waals surface area contributed by atoms with Gasteiger partial charge in [0.15, 0.2) is 0 Å². The van der Waals surface area contributed by atoms with Gasteiger partial charge >= 0.3 is 0 Å². The smallest absolute Gasteiger partial charge is 0.225 e. The second-order valence-electron chi connectivity index (χ2n) is 7.14. The lowest BCUT2D eigenvalue weighted by molar-refractivity contribution is -0.135. The molecular formula is C21H30N2O2S. The van der Waals surface area contributed by atoms with E-state index in [0.717, 1.165) is 29.4 Å². The van der Waals surface area contributed by atoms with E-state index in [1.54, 1.807) is 11.3 Å². The van der Waals surface area contributed by atoms with Crippen LogP contribution in [0.1, 0.15) is 54.6 Å². The molecule has 0 atom stereocenters. The summed E-state index contributed by atoms with van der Waals surface area (Å²) >= 11 is 1.59. The molecule has 2 aromatic rings. The number of amides is 1. The maximum atomic E-state index is 12.3. The molecule has 1 aromatic heterocycles. The molecule has 0 unspecified atom stereocenters. The van der Waals surface area contributed by atoms with Crippen LogP contribution in [0.2, 0.25) is 0 Å². The first-order chi connectivity index (χ1) is 12.3. The monoisotopic (exact) mass is 374 g/mol. The van der Waals surface area contributed by atoms with Gasteiger partial charge in [0.25, 0.3) is 0 Å². The van der Waals surface area contributed by atoms with Crippen molar-refractivity contribution in [2.75, 3.05) is 6.54 Å². The van der Waals surface area contributed by atoms with E-state index in [-0.39, 0.29) is 11.8 Å². The van der Waals surface area contributed by atoms with Gasteiger partial charge < -0.3 is 9.64 Å². The van der Waals surface area contributed by atoms with E-state index in [1.165, 1.54) is 16.7 Å². The summed E-state index contributed by atoms with van der Waals surface area (Å²) in [4.78, 5) is 18.9. The highest BCUT2D eigenvalue weighted by Gasteiger charge is 2.18. The third-order valence-corrected chi connectivity index (χ3v) is 5.24. The number of thiazole rings is 1. The summed E-state index contributed by atoms with van der Waals surface area (Å²) in [6.45, 7) is 14.0. The normalized spacial score (nSPS) is 11.0. The van der Waals surface area contributed by atoms with E-state index in [2.05, 4.69) is 44.8 Å². The second kappa shape index (κ2) is 9.17. The van der Waals surface area contributed by atoms with Gasteiger partial charge in [-0.2, -0.15) is 0 Å². The molecule has 0 radical (unpaired) electrons. The number of carbonyl (C=O) groups is 1. The lowest BCUT2D eigenvalue weighted by Gasteiger charge is -2.23. The van der Waals surface area contributed by atoms with Crippen LogP contribution in [0, 0.1) is 26.7 Å². The summed E-state index contributed by atoms with van der Waals surface area (Å²) in [6, 6.07) is 4.24. The van der Waals surface area contributed by atoms with Crippen LogP contribution in [0.25, 0.3) is 0 Å². The van der Waals surface area contributed by atoms with Gasteiger partial charge in [0, 0.05) is 17.8 Å². The third kappa shape index (κ3) is 5.31. The van der Waals surface area contributed by atoms with Crippen LogP contribution < -0.4 is 4.74 Å². The highest BCUT2D eigenvalue weighted by Crippen LogP contribution is 2.25. The number of hydrogen-bond acceptors (Lipinski definition) is 4. The molecule has 0 bridgehead atoms. The van der Waals surface area contributed by atoms with Gasteiger partial charge in [-0.05, 0) is 49.9 Å². The van der Waals surface area contributed by atoms with Gasteiger partial charge in [-0.3, -0.25) is 4.79 Å². The zero-order valence-corrected chi connectivity index (χ0v) is 17.6. The summed E-state index contributed by atoms with van der Waals surface area (Å²) < 4.78 is 6.00. The molecule has 142 valence electrons. The van der Waals surface area contributed by atoms with Crippen LogP contribution in [0.4, 0.5) is 0 Å². The molecule has 2 rings (SSSR count). The second-order valence-corrected chi connectivity index (χ2v) is 8.08. The Kier molecular flexibility index (Phi) is 7.21. The standard InChI is InChI=1S/C21H30N2O2S/c1-7-8-23(21(24)14(2)3)11-18-13-26-20(22-18)12-25-19-10-15(4)9-16(5)17(19)6/h9-10,13-14H,7-8,11-12H2,1-6H3. The molecule has 0 saturated heterocycles. The number of nitrogens with zero attached hydrogens (tertiary/aromatic N) is 2. The number of aryl methyl sites for hydroxylation is 2.